The maximum Gasteiger partial charge on any atom is 0.259 e. The van der Waals surface area contributed by atoms with Crippen molar-refractivity contribution in [2.24, 2.45) is 0 Å². The minimum Gasteiger partial charge on any atom is -0.481 e. The quantitative estimate of drug-likeness (QED) is 0.930. The molecule has 6 nitrogen and oxygen atoms in total. The van der Waals surface area contributed by atoms with Crippen molar-refractivity contribution < 1.29 is 9.53 Å². The largest absolute Gasteiger partial charge is 0.481 e. The molecule has 0 atom stereocenters. The van der Waals surface area contributed by atoms with Gasteiger partial charge in [0.2, 0.25) is 11.8 Å². The Kier molecular flexibility index (Phi) is 3.91. The number of halogens is 1. The van der Waals surface area contributed by atoms with Gasteiger partial charge in [-0.1, -0.05) is 11.6 Å². The highest BCUT2D eigenvalue weighted by Gasteiger charge is 2.12. The number of aryl methyl sites for hydroxylation is 1. The number of amides is 1. The van der Waals surface area contributed by atoms with Gasteiger partial charge < -0.3 is 4.74 Å². The number of pyridine rings is 1. The van der Waals surface area contributed by atoms with Gasteiger partial charge in [-0.15, -0.1) is 0 Å². The van der Waals surface area contributed by atoms with Crippen LogP contribution < -0.4 is 10.1 Å². The van der Waals surface area contributed by atoms with Crippen LogP contribution in [-0.2, 0) is 0 Å². The van der Waals surface area contributed by atoms with Crippen LogP contribution >= 0.6 is 11.6 Å². The summed E-state index contributed by atoms with van der Waals surface area (Å²) in [6.07, 6.45) is 2.88. The van der Waals surface area contributed by atoms with E-state index in [4.69, 9.17) is 16.3 Å². The fourth-order valence-electron chi connectivity index (χ4n) is 1.43. The van der Waals surface area contributed by atoms with Gasteiger partial charge in [-0.05, 0) is 13.0 Å². The van der Waals surface area contributed by atoms with E-state index in [9.17, 15) is 4.79 Å². The number of hydrogen-bond acceptors (Lipinski definition) is 5. The molecule has 2 rings (SSSR count). The van der Waals surface area contributed by atoms with Crippen molar-refractivity contribution in [2.75, 3.05) is 12.4 Å². The molecule has 0 aromatic carbocycles. The molecule has 1 N–H and O–H groups in total. The predicted octanol–water partition coefficient (Wildman–Crippen LogP) is 2.09. The highest BCUT2D eigenvalue weighted by atomic mass is 35.5. The van der Waals surface area contributed by atoms with Crippen molar-refractivity contribution in [3.8, 4) is 5.88 Å². The van der Waals surface area contributed by atoms with Crippen LogP contribution in [0.1, 0.15) is 16.1 Å². The molecule has 0 aliphatic rings. The first-order valence-corrected chi connectivity index (χ1v) is 5.78. The summed E-state index contributed by atoms with van der Waals surface area (Å²) < 4.78 is 5.01. The molecule has 0 spiro atoms. The van der Waals surface area contributed by atoms with Crippen LogP contribution in [-0.4, -0.2) is 28.0 Å². The summed E-state index contributed by atoms with van der Waals surface area (Å²) >= 11 is 5.89. The van der Waals surface area contributed by atoms with E-state index in [1.54, 1.807) is 13.0 Å². The second kappa shape index (κ2) is 5.62. The van der Waals surface area contributed by atoms with Crippen LogP contribution in [0.4, 0.5) is 5.95 Å². The normalized spacial score (nSPS) is 10.1. The maximum absolute atomic E-state index is 12.0. The molecule has 19 heavy (non-hydrogen) atoms. The number of aromatic nitrogens is 3. The minimum atomic E-state index is -0.403. The Morgan fingerprint density at radius 1 is 1.42 bits per heavy atom. The molecule has 98 valence electrons. The van der Waals surface area contributed by atoms with E-state index in [0.717, 1.165) is 0 Å². The number of nitrogens with zero attached hydrogens (tertiary/aromatic N) is 3. The van der Waals surface area contributed by atoms with E-state index in [-0.39, 0.29) is 11.0 Å². The molecule has 1 amide bonds. The molecule has 2 aromatic heterocycles. The van der Waals surface area contributed by atoms with Crippen LogP contribution in [0.3, 0.4) is 0 Å². The van der Waals surface area contributed by atoms with Crippen molar-refractivity contribution in [3.63, 3.8) is 0 Å². The van der Waals surface area contributed by atoms with Gasteiger partial charge in [-0.25, -0.2) is 4.98 Å². The van der Waals surface area contributed by atoms with Gasteiger partial charge in [0, 0.05) is 24.2 Å². The Bertz CT molecular complexity index is 618. The molecule has 0 saturated heterocycles. The number of carbonyl (C=O) groups is 1. The Balaban J connectivity index is 2.24. The van der Waals surface area contributed by atoms with Crippen molar-refractivity contribution in [1.82, 2.24) is 15.0 Å². The monoisotopic (exact) mass is 278 g/mol. The van der Waals surface area contributed by atoms with Crippen LogP contribution in [0.2, 0.25) is 5.02 Å². The third-order valence-corrected chi connectivity index (χ3v) is 2.58. The molecule has 0 fully saturated rings. The average molecular weight is 279 g/mol. The second-order valence-corrected chi connectivity index (χ2v) is 4.09. The number of methoxy groups -OCH3 is 1. The topological polar surface area (TPSA) is 77.0 Å². The first kappa shape index (κ1) is 13.2. The van der Waals surface area contributed by atoms with E-state index in [0.29, 0.717) is 17.1 Å². The lowest BCUT2D eigenvalue weighted by Crippen LogP contribution is -2.15. The molecular weight excluding hydrogens is 268 g/mol. The van der Waals surface area contributed by atoms with E-state index in [1.165, 1.54) is 25.6 Å². The van der Waals surface area contributed by atoms with E-state index in [1.807, 2.05) is 0 Å². The Morgan fingerprint density at radius 3 is 2.89 bits per heavy atom. The molecule has 7 heteroatoms. The number of ether oxygens (including phenoxy) is 1. The van der Waals surface area contributed by atoms with Gasteiger partial charge in [0.05, 0.1) is 17.7 Å². The molecule has 0 aliphatic heterocycles. The van der Waals surface area contributed by atoms with Crippen LogP contribution in [0.25, 0.3) is 0 Å². The summed E-state index contributed by atoms with van der Waals surface area (Å²) in [5.41, 5.74) is 0.990. The zero-order valence-corrected chi connectivity index (χ0v) is 11.1. The average Bonchev–Trinajstić information content (AvgIpc) is 2.38. The zero-order valence-electron chi connectivity index (χ0n) is 10.3. The highest BCUT2D eigenvalue weighted by Crippen LogP contribution is 2.16. The number of carbonyl (C=O) groups excluding carboxylic acids is 1. The van der Waals surface area contributed by atoms with Crippen molar-refractivity contribution >= 4 is 23.5 Å². The molecule has 0 aliphatic carbocycles. The lowest BCUT2D eigenvalue weighted by atomic mass is 10.2. The summed E-state index contributed by atoms with van der Waals surface area (Å²) in [5.74, 6) is 0.137. The molecule has 0 bridgehead atoms. The van der Waals surface area contributed by atoms with Crippen LogP contribution in [0.5, 0.6) is 5.88 Å². The number of anilines is 1. The first-order valence-electron chi connectivity index (χ1n) is 5.40. The number of nitrogens with one attached hydrogen (secondary N) is 1. The van der Waals surface area contributed by atoms with Gasteiger partial charge in [0.25, 0.3) is 5.91 Å². The fourth-order valence-corrected chi connectivity index (χ4v) is 1.63. The van der Waals surface area contributed by atoms with Gasteiger partial charge in [-0.2, -0.15) is 4.98 Å². The molecule has 2 heterocycles. The smallest absolute Gasteiger partial charge is 0.259 e. The Labute approximate surface area is 114 Å². The van der Waals surface area contributed by atoms with Crippen LogP contribution in [0.15, 0.2) is 24.5 Å². The summed E-state index contributed by atoms with van der Waals surface area (Å²) in [7, 11) is 1.49. The van der Waals surface area contributed by atoms with Gasteiger partial charge in [0.1, 0.15) is 0 Å². The number of hydrogen-bond donors (Lipinski definition) is 1. The van der Waals surface area contributed by atoms with E-state index in [2.05, 4.69) is 20.3 Å². The predicted molar refractivity (Wildman–Crippen MR) is 70.5 cm³/mol. The third kappa shape index (κ3) is 3.17. The summed E-state index contributed by atoms with van der Waals surface area (Å²) in [6, 6.07) is 3.18. The van der Waals surface area contributed by atoms with Crippen molar-refractivity contribution in [3.05, 3.63) is 40.8 Å². The third-order valence-electron chi connectivity index (χ3n) is 2.28. The summed E-state index contributed by atoms with van der Waals surface area (Å²) in [5, 5.41) is 2.82. The van der Waals surface area contributed by atoms with Crippen molar-refractivity contribution in [2.45, 2.75) is 6.92 Å². The van der Waals surface area contributed by atoms with Crippen molar-refractivity contribution in [1.29, 1.82) is 0 Å². The van der Waals surface area contributed by atoms with Crippen LogP contribution in [0, 0.1) is 6.92 Å². The first-order chi connectivity index (χ1) is 9.10. The standard InChI is InChI=1S/C12H11ClN4O2/c1-7-5-10(19-2)16-12(15-7)17-11(18)8-3-4-14-6-9(8)13/h3-6H,1-2H3,(H,15,16,17,18). The number of rotatable bonds is 3. The molecule has 0 radical (unpaired) electrons. The van der Waals surface area contributed by atoms with Gasteiger partial charge in [0.15, 0.2) is 0 Å². The molecule has 0 saturated carbocycles. The maximum atomic E-state index is 12.0. The SMILES string of the molecule is COc1cc(C)nc(NC(=O)c2ccncc2Cl)n1. The molecule has 0 unspecified atom stereocenters. The highest BCUT2D eigenvalue weighted by molar-refractivity contribution is 6.34. The fraction of sp³-hybridized carbons (Fsp3) is 0.167. The Morgan fingerprint density at radius 2 is 2.21 bits per heavy atom. The summed E-state index contributed by atoms with van der Waals surface area (Å²) in [4.78, 5) is 23.9. The minimum absolute atomic E-state index is 0.162. The Hall–Kier alpha value is -2.21. The van der Waals surface area contributed by atoms with Gasteiger partial charge >= 0.3 is 0 Å². The lowest BCUT2D eigenvalue weighted by Gasteiger charge is -2.07. The van der Waals surface area contributed by atoms with Gasteiger partial charge in [-0.3, -0.25) is 15.1 Å². The zero-order chi connectivity index (χ0) is 13.8. The van der Waals surface area contributed by atoms with E-state index >= 15 is 0 Å². The molecule has 2 aromatic rings. The van der Waals surface area contributed by atoms with E-state index < -0.39 is 5.91 Å². The lowest BCUT2D eigenvalue weighted by molar-refractivity contribution is 0.102. The molecular formula is C12H11ClN4O2. The second-order valence-electron chi connectivity index (χ2n) is 3.68. The summed E-state index contributed by atoms with van der Waals surface area (Å²) in [6.45, 7) is 1.78.